The van der Waals surface area contributed by atoms with Crippen LogP contribution >= 0.6 is 11.3 Å². The fraction of sp³-hybridized carbons (Fsp3) is 0.474. The van der Waals surface area contributed by atoms with Crippen molar-refractivity contribution in [3.8, 4) is 5.82 Å². The zero-order valence-electron chi connectivity index (χ0n) is 16.8. The van der Waals surface area contributed by atoms with Gasteiger partial charge in [-0.25, -0.2) is 14.6 Å². The third kappa shape index (κ3) is 4.26. The van der Waals surface area contributed by atoms with Crippen molar-refractivity contribution < 1.29 is 4.79 Å². The Labute approximate surface area is 173 Å². The Morgan fingerprint density at radius 2 is 2.00 bits per heavy atom. The quantitative estimate of drug-likeness (QED) is 0.636. The lowest BCUT2D eigenvalue weighted by Gasteiger charge is -2.38. The molecule has 1 N–H and O–H groups in total. The first-order valence-corrected chi connectivity index (χ1v) is 10.6. The van der Waals surface area contributed by atoms with Crippen molar-refractivity contribution in [3.05, 3.63) is 34.9 Å². The van der Waals surface area contributed by atoms with Gasteiger partial charge in [0.05, 0.1) is 11.6 Å². The van der Waals surface area contributed by atoms with E-state index in [0.29, 0.717) is 18.2 Å². The molecule has 152 valence electrons. The molecule has 1 saturated heterocycles. The van der Waals surface area contributed by atoms with Crippen LogP contribution in [-0.4, -0.2) is 48.9 Å². The molecule has 0 bridgehead atoms. The van der Waals surface area contributed by atoms with Gasteiger partial charge in [-0.15, -0.1) is 10.2 Å². The predicted molar refractivity (Wildman–Crippen MR) is 111 cm³/mol. The van der Waals surface area contributed by atoms with E-state index in [9.17, 15) is 4.79 Å². The molecule has 29 heavy (non-hydrogen) atoms. The van der Waals surface area contributed by atoms with Gasteiger partial charge in [0.1, 0.15) is 17.2 Å². The third-order valence-corrected chi connectivity index (χ3v) is 5.78. The van der Waals surface area contributed by atoms with Crippen molar-refractivity contribution in [1.29, 1.82) is 0 Å². The zero-order valence-corrected chi connectivity index (χ0v) is 17.6. The summed E-state index contributed by atoms with van der Waals surface area (Å²) in [5, 5.41) is 17.1. The molecule has 0 atom stereocenters. The lowest BCUT2D eigenvalue weighted by molar-refractivity contribution is -0.120. The second-order valence-corrected chi connectivity index (χ2v) is 8.33. The average Bonchev–Trinajstić information content (AvgIpc) is 3.24. The number of carbonyl (C=O) groups excluding carboxylic acids is 1. The molecule has 4 rings (SSSR count). The molecule has 9 nitrogen and oxygen atoms in total. The van der Waals surface area contributed by atoms with Crippen LogP contribution in [0.25, 0.3) is 5.82 Å². The lowest BCUT2D eigenvalue weighted by Crippen LogP contribution is -2.52. The van der Waals surface area contributed by atoms with Gasteiger partial charge in [-0.1, -0.05) is 24.7 Å². The number of amides is 1. The summed E-state index contributed by atoms with van der Waals surface area (Å²) in [5.74, 6) is 1.41. The van der Waals surface area contributed by atoms with Gasteiger partial charge < -0.3 is 10.2 Å². The van der Waals surface area contributed by atoms with Crippen LogP contribution in [0.1, 0.15) is 36.2 Å². The highest BCUT2D eigenvalue weighted by Gasteiger charge is 2.34. The van der Waals surface area contributed by atoms with Crippen molar-refractivity contribution in [2.24, 2.45) is 5.92 Å². The molecule has 0 aromatic carbocycles. The molecule has 3 aromatic heterocycles. The number of carbonyl (C=O) groups is 1. The Balaban J connectivity index is 1.35. The van der Waals surface area contributed by atoms with Gasteiger partial charge in [0.2, 0.25) is 11.0 Å². The number of hydrogen-bond acceptors (Lipinski definition) is 8. The highest BCUT2D eigenvalue weighted by Crippen LogP contribution is 2.26. The molecule has 1 aliphatic heterocycles. The minimum absolute atomic E-state index is 0.0210. The van der Waals surface area contributed by atoms with Crippen LogP contribution < -0.4 is 10.2 Å². The molecule has 0 radical (unpaired) electrons. The zero-order chi connectivity index (χ0) is 20.4. The van der Waals surface area contributed by atoms with Crippen molar-refractivity contribution in [3.63, 3.8) is 0 Å². The molecule has 0 unspecified atom stereocenters. The van der Waals surface area contributed by atoms with Crippen molar-refractivity contribution in [2.75, 3.05) is 23.3 Å². The fourth-order valence-electron chi connectivity index (χ4n) is 3.26. The first-order valence-electron chi connectivity index (χ1n) is 9.77. The summed E-state index contributed by atoms with van der Waals surface area (Å²) in [4.78, 5) is 23.2. The maximum Gasteiger partial charge on any atom is 0.232 e. The van der Waals surface area contributed by atoms with E-state index in [1.54, 1.807) is 4.68 Å². The largest absolute Gasteiger partial charge is 0.355 e. The first kappa shape index (κ1) is 19.4. The summed E-state index contributed by atoms with van der Waals surface area (Å²) in [6, 6.07) is 3.91. The standard InChI is InChI=1S/C19H24N8OS/c1-4-5-6-17-23-24-19(29-17)22-18(28)14-9-26(10-14)15-8-16(21-11-20-15)27-13(3)7-12(2)25-27/h7-8,11,14H,4-6,9-10H2,1-3H3,(H,22,24,28). The molecule has 3 aromatic rings. The summed E-state index contributed by atoms with van der Waals surface area (Å²) >= 11 is 1.46. The fourth-order valence-corrected chi connectivity index (χ4v) is 4.04. The SMILES string of the molecule is CCCCc1nnc(NC(=O)C2CN(c3cc(-n4nc(C)cc4C)ncn3)C2)s1. The molecular formula is C19H24N8OS. The normalized spacial score (nSPS) is 14.1. The molecule has 1 aliphatic rings. The smallest absolute Gasteiger partial charge is 0.232 e. The maximum atomic E-state index is 12.5. The molecule has 0 aliphatic carbocycles. The number of anilines is 2. The number of nitrogens with zero attached hydrogens (tertiary/aromatic N) is 7. The van der Waals surface area contributed by atoms with Gasteiger partial charge in [-0.3, -0.25) is 4.79 Å². The summed E-state index contributed by atoms with van der Waals surface area (Å²) in [7, 11) is 0. The summed E-state index contributed by atoms with van der Waals surface area (Å²) in [6.07, 6.45) is 4.64. The molecule has 1 amide bonds. The number of aryl methyl sites for hydroxylation is 3. The van der Waals surface area contributed by atoms with Gasteiger partial charge in [-0.2, -0.15) is 5.10 Å². The van der Waals surface area contributed by atoms with Crippen LogP contribution in [0.3, 0.4) is 0 Å². The Morgan fingerprint density at radius 1 is 1.21 bits per heavy atom. The number of hydrogen-bond donors (Lipinski definition) is 1. The predicted octanol–water partition coefficient (Wildman–Crippen LogP) is 2.55. The Kier molecular flexibility index (Phi) is 5.52. The van der Waals surface area contributed by atoms with Crippen molar-refractivity contribution in [2.45, 2.75) is 40.0 Å². The van der Waals surface area contributed by atoms with E-state index < -0.39 is 0 Å². The number of rotatable bonds is 7. The van der Waals surface area contributed by atoms with Gasteiger partial charge >= 0.3 is 0 Å². The number of unbranched alkanes of at least 4 members (excludes halogenated alkanes) is 1. The highest BCUT2D eigenvalue weighted by atomic mass is 32.1. The minimum Gasteiger partial charge on any atom is -0.355 e. The Bertz CT molecular complexity index is 1010. The van der Waals surface area contributed by atoms with E-state index in [-0.39, 0.29) is 11.8 Å². The van der Waals surface area contributed by atoms with Gasteiger partial charge in [0.25, 0.3) is 0 Å². The first-order chi connectivity index (χ1) is 14.0. The van der Waals surface area contributed by atoms with Crippen LogP contribution in [-0.2, 0) is 11.2 Å². The molecule has 10 heteroatoms. The highest BCUT2D eigenvalue weighted by molar-refractivity contribution is 7.15. The molecule has 1 fully saturated rings. The van der Waals surface area contributed by atoms with Crippen LogP contribution in [0.5, 0.6) is 0 Å². The lowest BCUT2D eigenvalue weighted by atomic mass is 9.99. The number of aromatic nitrogens is 6. The molecular weight excluding hydrogens is 388 g/mol. The topological polar surface area (TPSA) is 102 Å². The average molecular weight is 413 g/mol. The van der Waals surface area contributed by atoms with Crippen LogP contribution in [0.2, 0.25) is 0 Å². The molecule has 4 heterocycles. The number of nitrogens with one attached hydrogen (secondary N) is 1. The second-order valence-electron chi connectivity index (χ2n) is 7.27. The van der Waals surface area contributed by atoms with E-state index in [1.165, 1.54) is 17.7 Å². The van der Waals surface area contributed by atoms with Gasteiger partial charge in [-0.05, 0) is 26.3 Å². The van der Waals surface area contributed by atoms with Crippen LogP contribution in [0.15, 0.2) is 18.5 Å². The Morgan fingerprint density at radius 3 is 2.72 bits per heavy atom. The summed E-state index contributed by atoms with van der Waals surface area (Å²) in [6.45, 7) is 7.31. The van der Waals surface area contributed by atoms with Crippen molar-refractivity contribution >= 4 is 28.2 Å². The van der Waals surface area contributed by atoms with Crippen LogP contribution in [0.4, 0.5) is 10.9 Å². The maximum absolute atomic E-state index is 12.5. The van der Waals surface area contributed by atoms with E-state index in [1.807, 2.05) is 26.0 Å². The Hall–Kier alpha value is -2.88. The summed E-state index contributed by atoms with van der Waals surface area (Å²) in [5.41, 5.74) is 1.96. The summed E-state index contributed by atoms with van der Waals surface area (Å²) < 4.78 is 1.80. The van der Waals surface area contributed by atoms with Crippen molar-refractivity contribution in [1.82, 2.24) is 29.9 Å². The van der Waals surface area contributed by atoms with E-state index in [4.69, 9.17) is 0 Å². The van der Waals surface area contributed by atoms with Crippen LogP contribution in [0, 0.1) is 19.8 Å². The van der Waals surface area contributed by atoms with Gasteiger partial charge in [0.15, 0.2) is 5.82 Å². The molecule has 0 saturated carbocycles. The minimum atomic E-state index is -0.0925. The van der Waals surface area contributed by atoms with E-state index >= 15 is 0 Å². The monoisotopic (exact) mass is 412 g/mol. The van der Waals surface area contributed by atoms with E-state index in [0.717, 1.165) is 47.3 Å². The van der Waals surface area contributed by atoms with Gasteiger partial charge in [0, 0.05) is 31.3 Å². The molecule has 0 spiro atoms. The third-order valence-electron chi connectivity index (χ3n) is 4.88. The second kappa shape index (κ2) is 8.24. The van der Waals surface area contributed by atoms with E-state index in [2.05, 4.69) is 42.4 Å².